The molecule has 0 radical (unpaired) electrons. The summed E-state index contributed by atoms with van der Waals surface area (Å²) in [7, 11) is 0. The Labute approximate surface area is 117 Å². The summed E-state index contributed by atoms with van der Waals surface area (Å²) < 4.78 is 20.8. The Morgan fingerprint density at radius 1 is 1.45 bits per heavy atom. The zero-order chi connectivity index (χ0) is 14.5. The lowest BCUT2D eigenvalue weighted by Crippen LogP contribution is -2.11. The fourth-order valence-electron chi connectivity index (χ4n) is 1.95. The molecular formula is C14H19FN4O. The summed E-state index contributed by atoms with van der Waals surface area (Å²) in [6, 6.07) is 4.15. The van der Waals surface area contributed by atoms with Crippen LogP contribution in [0.5, 0.6) is 5.75 Å². The van der Waals surface area contributed by atoms with Gasteiger partial charge in [0.15, 0.2) is 5.82 Å². The molecule has 0 fully saturated rings. The first kappa shape index (κ1) is 14.5. The van der Waals surface area contributed by atoms with E-state index < -0.39 is 0 Å². The number of nitrogens with two attached hydrogens (primary N) is 1. The lowest BCUT2D eigenvalue weighted by molar-refractivity contribution is 0.280. The minimum absolute atomic E-state index is 0.223. The molecule has 0 spiro atoms. The third-order valence-corrected chi connectivity index (χ3v) is 2.95. The molecule has 0 saturated carbocycles. The Balaban J connectivity index is 2.14. The highest BCUT2D eigenvalue weighted by Gasteiger charge is 2.11. The molecule has 20 heavy (non-hydrogen) atoms. The highest BCUT2D eigenvalue weighted by Crippen LogP contribution is 2.25. The molecule has 0 bridgehead atoms. The van der Waals surface area contributed by atoms with Gasteiger partial charge in [-0.2, -0.15) is 5.10 Å². The maximum Gasteiger partial charge on any atom is 0.164 e. The Kier molecular flexibility index (Phi) is 4.68. The summed E-state index contributed by atoms with van der Waals surface area (Å²) in [5, 5.41) is 4.12. The molecule has 0 aliphatic heterocycles. The summed E-state index contributed by atoms with van der Waals surface area (Å²) >= 11 is 0. The molecule has 0 aliphatic carbocycles. The molecule has 0 amide bonds. The van der Waals surface area contributed by atoms with Gasteiger partial charge in [-0.05, 0) is 19.4 Å². The first-order chi connectivity index (χ1) is 9.61. The van der Waals surface area contributed by atoms with E-state index in [4.69, 9.17) is 10.5 Å². The van der Waals surface area contributed by atoms with Crippen LogP contribution in [0.4, 0.5) is 4.39 Å². The van der Waals surface area contributed by atoms with Gasteiger partial charge in [-0.1, -0.05) is 13.0 Å². The van der Waals surface area contributed by atoms with E-state index in [-0.39, 0.29) is 18.5 Å². The predicted molar refractivity (Wildman–Crippen MR) is 73.6 cm³/mol. The molecule has 0 unspecified atom stereocenters. The van der Waals surface area contributed by atoms with Gasteiger partial charge >= 0.3 is 0 Å². The number of hydrogen-bond acceptors (Lipinski definition) is 4. The molecular weight excluding hydrogens is 259 g/mol. The average Bonchev–Trinajstić information content (AvgIpc) is 2.84. The van der Waals surface area contributed by atoms with Crippen molar-refractivity contribution in [3.05, 3.63) is 41.7 Å². The number of rotatable bonds is 6. The van der Waals surface area contributed by atoms with Crippen molar-refractivity contribution in [1.29, 1.82) is 0 Å². The van der Waals surface area contributed by atoms with Crippen LogP contribution in [0, 0.1) is 5.82 Å². The monoisotopic (exact) mass is 278 g/mol. The number of hydrogen-bond donors (Lipinski definition) is 1. The van der Waals surface area contributed by atoms with Gasteiger partial charge in [0.1, 0.15) is 24.5 Å². The number of aryl methyl sites for hydroxylation is 1. The summed E-state index contributed by atoms with van der Waals surface area (Å²) in [6.07, 6.45) is 2.45. The number of ether oxygens (including phenoxy) is 1. The average molecular weight is 278 g/mol. The highest BCUT2D eigenvalue weighted by atomic mass is 19.1. The van der Waals surface area contributed by atoms with Gasteiger partial charge in [0.25, 0.3) is 0 Å². The minimum atomic E-state index is -0.348. The van der Waals surface area contributed by atoms with Gasteiger partial charge in [0.2, 0.25) is 0 Å². The van der Waals surface area contributed by atoms with Crippen LogP contribution in [-0.2, 0) is 13.2 Å². The summed E-state index contributed by atoms with van der Waals surface area (Å²) in [5.41, 5.74) is 6.63. The van der Waals surface area contributed by atoms with Gasteiger partial charge in [0, 0.05) is 24.2 Å². The van der Waals surface area contributed by atoms with Crippen molar-refractivity contribution in [2.75, 3.05) is 0 Å². The van der Waals surface area contributed by atoms with Gasteiger partial charge in [-0.25, -0.2) is 14.1 Å². The van der Waals surface area contributed by atoms with Crippen molar-refractivity contribution in [3.63, 3.8) is 0 Å². The van der Waals surface area contributed by atoms with Crippen LogP contribution in [0.3, 0.4) is 0 Å². The van der Waals surface area contributed by atoms with Crippen LogP contribution >= 0.6 is 0 Å². The third kappa shape index (κ3) is 3.33. The molecule has 0 aliphatic rings. The van der Waals surface area contributed by atoms with Crippen molar-refractivity contribution in [2.24, 2.45) is 5.73 Å². The van der Waals surface area contributed by atoms with Crippen molar-refractivity contribution >= 4 is 0 Å². The van der Waals surface area contributed by atoms with Crippen molar-refractivity contribution in [2.45, 2.75) is 39.5 Å². The lowest BCUT2D eigenvalue weighted by Gasteiger charge is -2.14. The topological polar surface area (TPSA) is 66.0 Å². The molecule has 108 valence electrons. The smallest absolute Gasteiger partial charge is 0.164 e. The fraction of sp³-hybridized carbons (Fsp3) is 0.429. The first-order valence-corrected chi connectivity index (χ1v) is 6.66. The van der Waals surface area contributed by atoms with Crippen LogP contribution in [0.2, 0.25) is 0 Å². The first-order valence-electron chi connectivity index (χ1n) is 6.66. The SMILES string of the molecule is CCCn1ncnc1COc1cc(F)ccc1[C@@H](C)N. The van der Waals surface area contributed by atoms with Crippen molar-refractivity contribution in [1.82, 2.24) is 14.8 Å². The van der Waals surface area contributed by atoms with E-state index in [1.165, 1.54) is 18.5 Å². The molecule has 1 heterocycles. The highest BCUT2D eigenvalue weighted by molar-refractivity contribution is 5.36. The standard InChI is InChI=1S/C14H19FN4O/c1-3-6-19-14(17-9-18-19)8-20-13-7-11(15)4-5-12(13)10(2)16/h4-5,7,9-10H,3,6,8,16H2,1-2H3/t10-/m1/s1. The van der Waals surface area contributed by atoms with Crippen LogP contribution in [-0.4, -0.2) is 14.8 Å². The Bertz CT molecular complexity index is 568. The van der Waals surface area contributed by atoms with E-state index in [2.05, 4.69) is 17.0 Å². The second kappa shape index (κ2) is 6.47. The molecule has 6 heteroatoms. The molecule has 1 aromatic carbocycles. The van der Waals surface area contributed by atoms with E-state index in [9.17, 15) is 4.39 Å². The second-order valence-electron chi connectivity index (χ2n) is 4.66. The lowest BCUT2D eigenvalue weighted by atomic mass is 10.1. The quantitative estimate of drug-likeness (QED) is 0.881. The molecule has 1 aromatic heterocycles. The van der Waals surface area contributed by atoms with Crippen LogP contribution < -0.4 is 10.5 Å². The van der Waals surface area contributed by atoms with Crippen LogP contribution in [0.1, 0.15) is 37.7 Å². The predicted octanol–water partition coefficient (Wildman–Crippen LogP) is 2.43. The molecule has 0 saturated heterocycles. The normalized spacial score (nSPS) is 12.4. The third-order valence-electron chi connectivity index (χ3n) is 2.95. The molecule has 5 nitrogen and oxygen atoms in total. The van der Waals surface area contributed by atoms with E-state index >= 15 is 0 Å². The largest absolute Gasteiger partial charge is 0.485 e. The van der Waals surface area contributed by atoms with E-state index in [1.54, 1.807) is 10.7 Å². The van der Waals surface area contributed by atoms with E-state index in [0.29, 0.717) is 11.6 Å². The molecule has 2 N–H and O–H groups in total. The molecule has 2 aromatic rings. The zero-order valence-electron chi connectivity index (χ0n) is 11.7. The Morgan fingerprint density at radius 3 is 2.95 bits per heavy atom. The zero-order valence-corrected chi connectivity index (χ0v) is 11.7. The number of benzene rings is 1. The summed E-state index contributed by atoms with van der Waals surface area (Å²) in [5.74, 6) is 0.817. The van der Waals surface area contributed by atoms with Gasteiger partial charge in [-0.15, -0.1) is 0 Å². The van der Waals surface area contributed by atoms with Crippen molar-refractivity contribution in [3.8, 4) is 5.75 Å². The maximum absolute atomic E-state index is 13.3. The van der Waals surface area contributed by atoms with Gasteiger partial charge < -0.3 is 10.5 Å². The second-order valence-corrected chi connectivity index (χ2v) is 4.66. The maximum atomic E-state index is 13.3. The van der Waals surface area contributed by atoms with Crippen LogP contribution in [0.15, 0.2) is 24.5 Å². The summed E-state index contributed by atoms with van der Waals surface area (Å²) in [4.78, 5) is 4.15. The Hall–Kier alpha value is -1.95. The van der Waals surface area contributed by atoms with E-state index in [0.717, 1.165) is 18.5 Å². The van der Waals surface area contributed by atoms with Gasteiger partial charge in [0.05, 0.1) is 0 Å². The van der Waals surface area contributed by atoms with E-state index in [1.807, 2.05) is 6.92 Å². The number of aromatic nitrogens is 3. The van der Waals surface area contributed by atoms with Crippen LogP contribution in [0.25, 0.3) is 0 Å². The minimum Gasteiger partial charge on any atom is -0.485 e. The summed E-state index contributed by atoms with van der Waals surface area (Å²) in [6.45, 7) is 4.91. The number of halogens is 1. The van der Waals surface area contributed by atoms with Gasteiger partial charge in [-0.3, -0.25) is 0 Å². The molecule has 2 rings (SSSR count). The number of nitrogens with zero attached hydrogens (tertiary/aromatic N) is 3. The molecule has 1 atom stereocenters. The van der Waals surface area contributed by atoms with Crippen molar-refractivity contribution < 1.29 is 9.13 Å². The Morgan fingerprint density at radius 2 is 2.25 bits per heavy atom. The fourth-order valence-corrected chi connectivity index (χ4v) is 1.95.